The lowest BCUT2D eigenvalue weighted by molar-refractivity contribution is 0.0136. The van der Waals surface area contributed by atoms with Crippen LogP contribution in [0.3, 0.4) is 0 Å². The van der Waals surface area contributed by atoms with Gasteiger partial charge in [0.2, 0.25) is 0 Å². The predicted molar refractivity (Wildman–Crippen MR) is 73.3 cm³/mol. The van der Waals surface area contributed by atoms with E-state index in [1.165, 1.54) is 45.7 Å². The average molecular weight is 239 g/mol. The lowest BCUT2D eigenvalue weighted by Crippen LogP contribution is -2.57. The van der Waals surface area contributed by atoms with Crippen LogP contribution < -0.4 is 0 Å². The highest BCUT2D eigenvalue weighted by atomic mass is 15.3. The lowest BCUT2D eigenvalue weighted by atomic mass is 9.88. The summed E-state index contributed by atoms with van der Waals surface area (Å²) in [6.07, 6.45) is 1.36. The van der Waals surface area contributed by atoms with E-state index >= 15 is 0 Å². The fraction of sp³-hybridized carbons (Fsp3) is 1.00. The van der Waals surface area contributed by atoms with Gasteiger partial charge in [0.25, 0.3) is 0 Å². The molecule has 0 amide bonds. The Balaban J connectivity index is 1.92. The van der Waals surface area contributed by atoms with Gasteiger partial charge in [-0.3, -0.25) is 4.90 Å². The van der Waals surface area contributed by atoms with Crippen molar-refractivity contribution in [3.8, 4) is 0 Å². The lowest BCUT2D eigenvalue weighted by Gasteiger charge is -2.47. The summed E-state index contributed by atoms with van der Waals surface area (Å²) >= 11 is 0. The molecule has 100 valence electrons. The van der Waals surface area contributed by atoms with Crippen LogP contribution in [0.4, 0.5) is 0 Å². The Hall–Kier alpha value is -0.120. The van der Waals surface area contributed by atoms with Crippen molar-refractivity contribution in [1.82, 2.24) is 14.7 Å². The van der Waals surface area contributed by atoms with Crippen LogP contribution in [0.1, 0.15) is 27.2 Å². The second kappa shape index (κ2) is 5.68. The maximum atomic E-state index is 2.74. The molecule has 3 nitrogen and oxygen atoms in total. The average Bonchev–Trinajstić information content (AvgIpc) is 2.33. The molecule has 3 atom stereocenters. The van der Waals surface area contributed by atoms with Crippen LogP contribution in [0.25, 0.3) is 0 Å². The van der Waals surface area contributed by atoms with E-state index in [-0.39, 0.29) is 0 Å². The summed E-state index contributed by atoms with van der Waals surface area (Å²) < 4.78 is 0. The third kappa shape index (κ3) is 3.01. The van der Waals surface area contributed by atoms with E-state index in [0.717, 1.165) is 18.0 Å². The fourth-order valence-corrected chi connectivity index (χ4v) is 3.51. The van der Waals surface area contributed by atoms with Crippen molar-refractivity contribution in [1.29, 1.82) is 0 Å². The van der Waals surface area contributed by atoms with Crippen LogP contribution in [-0.2, 0) is 0 Å². The highest BCUT2D eigenvalue weighted by Gasteiger charge is 2.34. The smallest absolute Gasteiger partial charge is 0.0149 e. The van der Waals surface area contributed by atoms with E-state index in [0.29, 0.717) is 0 Å². The molecule has 0 aliphatic carbocycles. The van der Waals surface area contributed by atoms with Crippen LogP contribution in [0.5, 0.6) is 0 Å². The fourth-order valence-electron chi connectivity index (χ4n) is 3.51. The third-order valence-corrected chi connectivity index (χ3v) is 4.80. The van der Waals surface area contributed by atoms with Gasteiger partial charge >= 0.3 is 0 Å². The SMILES string of the molecule is CCN1C[C@H](C)C(N2CCN(C)CC2)C[C@H]1C. The first-order valence-corrected chi connectivity index (χ1v) is 7.28. The first-order valence-electron chi connectivity index (χ1n) is 7.28. The van der Waals surface area contributed by atoms with E-state index in [1.54, 1.807) is 0 Å². The molecule has 2 saturated heterocycles. The molecule has 0 aromatic heterocycles. The van der Waals surface area contributed by atoms with E-state index in [4.69, 9.17) is 0 Å². The maximum absolute atomic E-state index is 2.74. The number of hydrogen-bond acceptors (Lipinski definition) is 3. The largest absolute Gasteiger partial charge is 0.304 e. The second-order valence-corrected chi connectivity index (χ2v) is 6.06. The summed E-state index contributed by atoms with van der Waals surface area (Å²) in [5.74, 6) is 0.828. The number of likely N-dealkylation sites (N-methyl/N-ethyl adjacent to an activating group) is 1. The molecule has 2 heterocycles. The first kappa shape index (κ1) is 13.3. The van der Waals surface area contributed by atoms with Crippen LogP contribution in [0.2, 0.25) is 0 Å². The molecule has 2 rings (SSSR count). The quantitative estimate of drug-likeness (QED) is 0.720. The molecule has 1 unspecified atom stereocenters. The van der Waals surface area contributed by atoms with Crippen molar-refractivity contribution in [2.24, 2.45) is 5.92 Å². The van der Waals surface area contributed by atoms with Crippen molar-refractivity contribution in [2.45, 2.75) is 39.3 Å². The maximum Gasteiger partial charge on any atom is 0.0149 e. The molecule has 0 aromatic rings. The van der Waals surface area contributed by atoms with E-state index in [1.807, 2.05) is 0 Å². The monoisotopic (exact) mass is 239 g/mol. The number of nitrogens with zero attached hydrogens (tertiary/aromatic N) is 3. The van der Waals surface area contributed by atoms with E-state index in [9.17, 15) is 0 Å². The molecule has 0 radical (unpaired) electrons. The summed E-state index contributed by atoms with van der Waals surface area (Å²) in [5, 5.41) is 0. The Labute approximate surface area is 107 Å². The molecule has 17 heavy (non-hydrogen) atoms. The summed E-state index contributed by atoms with van der Waals surface area (Å²) in [4.78, 5) is 7.83. The van der Waals surface area contributed by atoms with Gasteiger partial charge in [-0.1, -0.05) is 13.8 Å². The first-order chi connectivity index (χ1) is 8.11. The van der Waals surface area contributed by atoms with Gasteiger partial charge in [-0.15, -0.1) is 0 Å². The van der Waals surface area contributed by atoms with Gasteiger partial charge < -0.3 is 9.80 Å². The molecular formula is C14H29N3. The zero-order valence-electron chi connectivity index (χ0n) is 12.0. The zero-order valence-corrected chi connectivity index (χ0v) is 12.0. The van der Waals surface area contributed by atoms with Gasteiger partial charge in [-0.25, -0.2) is 0 Å². The molecule has 0 aromatic carbocycles. The highest BCUT2D eigenvalue weighted by molar-refractivity contribution is 4.90. The van der Waals surface area contributed by atoms with Crippen LogP contribution in [0, 0.1) is 5.92 Å². The standard InChI is InChI=1S/C14H29N3/c1-5-16-11-12(2)14(10-13(16)3)17-8-6-15(4)7-9-17/h12-14H,5-11H2,1-4H3/t12-,13+,14?/m0/s1. The van der Waals surface area contributed by atoms with Gasteiger partial charge in [-0.05, 0) is 32.9 Å². The molecule has 2 aliphatic heterocycles. The molecule has 0 saturated carbocycles. The Bertz CT molecular complexity index is 236. The Kier molecular flexibility index (Phi) is 4.45. The van der Waals surface area contributed by atoms with E-state index < -0.39 is 0 Å². The molecule has 3 heteroatoms. The predicted octanol–water partition coefficient (Wildman–Crippen LogP) is 1.35. The van der Waals surface area contributed by atoms with Gasteiger partial charge in [0, 0.05) is 44.8 Å². The number of hydrogen-bond donors (Lipinski definition) is 0. The molecule has 0 bridgehead atoms. The normalized spacial score (nSPS) is 38.5. The van der Waals surface area contributed by atoms with E-state index in [2.05, 4.69) is 42.5 Å². The van der Waals surface area contributed by atoms with Crippen molar-refractivity contribution < 1.29 is 0 Å². The zero-order chi connectivity index (χ0) is 12.4. The minimum Gasteiger partial charge on any atom is -0.304 e. The van der Waals surface area contributed by atoms with Gasteiger partial charge in [0.1, 0.15) is 0 Å². The summed E-state index contributed by atoms with van der Waals surface area (Å²) in [6.45, 7) is 14.7. The minimum absolute atomic E-state index is 0.765. The van der Waals surface area contributed by atoms with Crippen LogP contribution >= 0.6 is 0 Å². The topological polar surface area (TPSA) is 9.72 Å². The third-order valence-electron chi connectivity index (χ3n) is 4.80. The van der Waals surface area contributed by atoms with Crippen molar-refractivity contribution >= 4 is 0 Å². The number of rotatable bonds is 2. The Morgan fingerprint density at radius 2 is 1.71 bits per heavy atom. The number of piperidine rings is 1. The molecule has 2 fully saturated rings. The second-order valence-electron chi connectivity index (χ2n) is 6.06. The summed E-state index contributed by atoms with van der Waals surface area (Å²) in [7, 11) is 2.24. The Morgan fingerprint density at radius 3 is 2.29 bits per heavy atom. The summed E-state index contributed by atoms with van der Waals surface area (Å²) in [5.41, 5.74) is 0. The molecular weight excluding hydrogens is 210 g/mol. The Morgan fingerprint density at radius 1 is 1.06 bits per heavy atom. The molecule has 0 spiro atoms. The summed E-state index contributed by atoms with van der Waals surface area (Å²) in [6, 6.07) is 1.59. The van der Waals surface area contributed by atoms with Gasteiger partial charge in [-0.2, -0.15) is 0 Å². The van der Waals surface area contributed by atoms with Crippen molar-refractivity contribution in [3.63, 3.8) is 0 Å². The van der Waals surface area contributed by atoms with Crippen LogP contribution in [0.15, 0.2) is 0 Å². The van der Waals surface area contributed by atoms with Crippen molar-refractivity contribution in [3.05, 3.63) is 0 Å². The van der Waals surface area contributed by atoms with Crippen molar-refractivity contribution in [2.75, 3.05) is 46.3 Å². The van der Waals surface area contributed by atoms with Gasteiger partial charge in [0.15, 0.2) is 0 Å². The van der Waals surface area contributed by atoms with Crippen LogP contribution in [-0.4, -0.2) is 73.1 Å². The van der Waals surface area contributed by atoms with Gasteiger partial charge in [0.05, 0.1) is 0 Å². The number of likely N-dealkylation sites (tertiary alicyclic amines) is 1. The molecule has 2 aliphatic rings. The number of piperazine rings is 1. The minimum atomic E-state index is 0.765. The highest BCUT2D eigenvalue weighted by Crippen LogP contribution is 2.26. The molecule has 0 N–H and O–H groups in total.